The van der Waals surface area contributed by atoms with Crippen LogP contribution in [0.25, 0.3) is 0 Å². The Kier molecular flexibility index (Phi) is 4.93. The summed E-state index contributed by atoms with van der Waals surface area (Å²) in [5.41, 5.74) is 1.59. The summed E-state index contributed by atoms with van der Waals surface area (Å²) in [6.07, 6.45) is 2.65. The monoisotopic (exact) mass is 249 g/mol. The first-order valence-corrected chi connectivity index (χ1v) is 7.72. The Morgan fingerprint density at radius 2 is 2.24 bits per heavy atom. The molecule has 1 aromatic rings. The zero-order valence-corrected chi connectivity index (χ0v) is 11.7. The maximum atomic E-state index is 3.42. The van der Waals surface area contributed by atoms with E-state index in [0.29, 0.717) is 0 Å². The molecule has 17 heavy (non-hydrogen) atoms. The van der Waals surface area contributed by atoms with Crippen LogP contribution in [-0.4, -0.2) is 18.8 Å². The summed E-state index contributed by atoms with van der Waals surface area (Å²) < 4.78 is 0. The van der Waals surface area contributed by atoms with E-state index < -0.39 is 0 Å². The predicted octanol–water partition coefficient (Wildman–Crippen LogP) is 3.90. The molecule has 0 fully saturated rings. The zero-order valence-electron chi connectivity index (χ0n) is 10.9. The molecule has 0 bridgehead atoms. The summed E-state index contributed by atoms with van der Waals surface area (Å²) >= 11 is 2.03. The summed E-state index contributed by atoms with van der Waals surface area (Å²) in [6.45, 7) is 6.82. The van der Waals surface area contributed by atoms with Gasteiger partial charge in [0.2, 0.25) is 0 Å². The van der Waals surface area contributed by atoms with Gasteiger partial charge in [0.15, 0.2) is 0 Å². The van der Waals surface area contributed by atoms with E-state index in [1.54, 1.807) is 5.56 Å². The molecule has 1 aromatic carbocycles. The lowest BCUT2D eigenvalue weighted by Crippen LogP contribution is -2.17. The van der Waals surface area contributed by atoms with Gasteiger partial charge in [0, 0.05) is 10.6 Å². The van der Waals surface area contributed by atoms with E-state index >= 15 is 0 Å². The van der Waals surface area contributed by atoms with Gasteiger partial charge >= 0.3 is 0 Å². The van der Waals surface area contributed by atoms with Gasteiger partial charge in [0.25, 0.3) is 0 Å². The van der Waals surface area contributed by atoms with Crippen LogP contribution in [-0.2, 0) is 0 Å². The van der Waals surface area contributed by atoms with E-state index in [-0.39, 0.29) is 0 Å². The SMILES string of the molecule is CCNCCC(C)CC1CSc2ccccc21. The van der Waals surface area contributed by atoms with Gasteiger partial charge in [-0.2, -0.15) is 0 Å². The molecule has 2 unspecified atom stereocenters. The number of benzene rings is 1. The van der Waals surface area contributed by atoms with Gasteiger partial charge in [0.05, 0.1) is 0 Å². The number of nitrogens with one attached hydrogen (secondary N) is 1. The fourth-order valence-corrected chi connectivity index (χ4v) is 3.83. The van der Waals surface area contributed by atoms with Gasteiger partial charge in [-0.3, -0.25) is 0 Å². The first kappa shape index (κ1) is 13.0. The highest BCUT2D eigenvalue weighted by molar-refractivity contribution is 7.99. The van der Waals surface area contributed by atoms with Gasteiger partial charge in [-0.15, -0.1) is 11.8 Å². The molecule has 0 saturated heterocycles. The van der Waals surface area contributed by atoms with Crippen molar-refractivity contribution >= 4 is 11.8 Å². The van der Waals surface area contributed by atoms with E-state index in [2.05, 4.69) is 43.4 Å². The van der Waals surface area contributed by atoms with Gasteiger partial charge in [-0.1, -0.05) is 32.0 Å². The van der Waals surface area contributed by atoms with Crippen molar-refractivity contribution < 1.29 is 0 Å². The van der Waals surface area contributed by atoms with Crippen molar-refractivity contribution in [2.24, 2.45) is 5.92 Å². The Labute approximate surface area is 109 Å². The lowest BCUT2D eigenvalue weighted by molar-refractivity contribution is 0.444. The maximum Gasteiger partial charge on any atom is 0.0107 e. The fourth-order valence-electron chi connectivity index (χ4n) is 2.55. The number of hydrogen-bond acceptors (Lipinski definition) is 2. The zero-order chi connectivity index (χ0) is 12.1. The van der Waals surface area contributed by atoms with Crippen molar-refractivity contribution in [3.8, 4) is 0 Å². The molecule has 2 rings (SSSR count). The van der Waals surface area contributed by atoms with Crippen LogP contribution in [0.4, 0.5) is 0 Å². The van der Waals surface area contributed by atoms with Gasteiger partial charge in [-0.05, 0) is 49.4 Å². The highest BCUT2D eigenvalue weighted by atomic mass is 32.2. The second-order valence-corrected chi connectivity index (χ2v) is 6.09. The van der Waals surface area contributed by atoms with Crippen LogP contribution >= 0.6 is 11.8 Å². The smallest absolute Gasteiger partial charge is 0.0107 e. The third kappa shape index (κ3) is 3.49. The van der Waals surface area contributed by atoms with Crippen molar-refractivity contribution in [2.45, 2.75) is 37.5 Å². The second-order valence-electron chi connectivity index (χ2n) is 5.03. The highest BCUT2D eigenvalue weighted by Gasteiger charge is 2.23. The van der Waals surface area contributed by atoms with Crippen molar-refractivity contribution in [3.05, 3.63) is 29.8 Å². The highest BCUT2D eigenvalue weighted by Crippen LogP contribution is 2.42. The van der Waals surface area contributed by atoms with Gasteiger partial charge in [0.1, 0.15) is 0 Å². The van der Waals surface area contributed by atoms with Gasteiger partial charge < -0.3 is 5.32 Å². The third-order valence-corrected chi connectivity index (χ3v) is 4.80. The molecule has 0 radical (unpaired) electrons. The quantitative estimate of drug-likeness (QED) is 0.767. The molecule has 0 amide bonds. The van der Waals surface area contributed by atoms with Crippen molar-refractivity contribution in [1.82, 2.24) is 5.32 Å². The van der Waals surface area contributed by atoms with Crippen LogP contribution < -0.4 is 5.32 Å². The number of fused-ring (bicyclic) bond motifs is 1. The minimum Gasteiger partial charge on any atom is -0.317 e. The fraction of sp³-hybridized carbons (Fsp3) is 0.600. The van der Waals surface area contributed by atoms with E-state index in [9.17, 15) is 0 Å². The lowest BCUT2D eigenvalue weighted by Gasteiger charge is -2.17. The molecular formula is C15H23NS. The van der Waals surface area contributed by atoms with Crippen LogP contribution in [0.1, 0.15) is 38.2 Å². The average molecular weight is 249 g/mol. The van der Waals surface area contributed by atoms with Crippen LogP contribution in [0.3, 0.4) is 0 Å². The van der Waals surface area contributed by atoms with E-state index in [0.717, 1.165) is 18.4 Å². The lowest BCUT2D eigenvalue weighted by atomic mass is 9.89. The van der Waals surface area contributed by atoms with Crippen molar-refractivity contribution in [1.29, 1.82) is 0 Å². The molecule has 0 aliphatic carbocycles. The number of rotatable bonds is 6. The largest absolute Gasteiger partial charge is 0.317 e. The second kappa shape index (κ2) is 6.46. The Balaban J connectivity index is 1.84. The van der Waals surface area contributed by atoms with Crippen molar-refractivity contribution in [2.75, 3.05) is 18.8 Å². The summed E-state index contributed by atoms with van der Waals surface area (Å²) in [5.74, 6) is 2.89. The topological polar surface area (TPSA) is 12.0 Å². The van der Waals surface area contributed by atoms with Crippen LogP contribution in [0.2, 0.25) is 0 Å². The number of thioether (sulfide) groups is 1. The minimum atomic E-state index is 0.785. The first-order valence-electron chi connectivity index (χ1n) is 6.73. The molecule has 1 aliphatic heterocycles. The van der Waals surface area contributed by atoms with Crippen molar-refractivity contribution in [3.63, 3.8) is 0 Å². The summed E-state index contributed by atoms with van der Waals surface area (Å²) in [7, 11) is 0. The minimum absolute atomic E-state index is 0.785. The predicted molar refractivity (Wildman–Crippen MR) is 76.8 cm³/mol. The normalized spacial score (nSPS) is 20.2. The molecule has 2 heteroatoms. The van der Waals surface area contributed by atoms with Crippen LogP contribution in [0.15, 0.2) is 29.2 Å². The summed E-state index contributed by atoms with van der Waals surface area (Å²) in [5, 5.41) is 3.42. The average Bonchev–Trinajstić information content (AvgIpc) is 2.73. The molecule has 94 valence electrons. The molecule has 1 nitrogen and oxygen atoms in total. The Hall–Kier alpha value is -0.470. The molecule has 1 heterocycles. The Bertz CT molecular complexity index is 351. The third-order valence-electron chi connectivity index (χ3n) is 3.55. The first-order chi connectivity index (χ1) is 8.31. The number of hydrogen-bond donors (Lipinski definition) is 1. The molecule has 0 aromatic heterocycles. The summed E-state index contributed by atoms with van der Waals surface area (Å²) in [6, 6.07) is 8.92. The Morgan fingerprint density at radius 3 is 3.06 bits per heavy atom. The van der Waals surface area contributed by atoms with Crippen LogP contribution in [0, 0.1) is 5.92 Å². The maximum absolute atomic E-state index is 3.42. The standard InChI is InChI=1S/C15H23NS/c1-3-16-9-8-12(2)10-13-11-17-15-7-5-4-6-14(13)15/h4-7,12-13,16H,3,8-11H2,1-2H3. The summed E-state index contributed by atoms with van der Waals surface area (Å²) in [4.78, 5) is 1.51. The molecule has 1 aliphatic rings. The van der Waals surface area contributed by atoms with Gasteiger partial charge in [-0.25, -0.2) is 0 Å². The van der Waals surface area contributed by atoms with E-state index in [4.69, 9.17) is 0 Å². The Morgan fingerprint density at radius 1 is 1.41 bits per heavy atom. The molecule has 2 atom stereocenters. The van der Waals surface area contributed by atoms with E-state index in [1.165, 1.54) is 30.0 Å². The molecule has 1 N–H and O–H groups in total. The molecular weight excluding hydrogens is 226 g/mol. The van der Waals surface area contributed by atoms with Crippen LogP contribution in [0.5, 0.6) is 0 Å². The molecule has 0 saturated carbocycles. The van der Waals surface area contributed by atoms with E-state index in [1.807, 2.05) is 11.8 Å². The molecule has 0 spiro atoms.